The summed E-state index contributed by atoms with van der Waals surface area (Å²) in [5.74, 6) is 0. The Kier molecular flexibility index (Phi) is 17.6. The second-order valence-electron chi connectivity index (χ2n) is 11.5. The fourth-order valence-corrected chi connectivity index (χ4v) is 5.74. The van der Waals surface area contributed by atoms with E-state index >= 15 is 0 Å². The molecule has 0 spiro atoms. The first-order valence-electron chi connectivity index (χ1n) is 16.5. The average Bonchev–Trinajstić information content (AvgIpc) is 3.89. The molecule has 0 atom stereocenters. The van der Waals surface area contributed by atoms with E-state index in [2.05, 4.69) is 44.4 Å². The first-order valence-corrected chi connectivity index (χ1v) is 16.5. The Morgan fingerprint density at radius 1 is 0.483 bits per heavy atom. The van der Waals surface area contributed by atoms with Crippen molar-refractivity contribution in [2.75, 3.05) is 0 Å². The smallest absolute Gasteiger partial charge is 0.356 e. The van der Waals surface area contributed by atoms with Crippen molar-refractivity contribution in [1.82, 2.24) is 29.5 Å². The first kappa shape index (κ1) is 45.4. The van der Waals surface area contributed by atoms with Crippen molar-refractivity contribution in [1.29, 1.82) is 10.5 Å². The molecule has 8 rings (SSSR count). The van der Waals surface area contributed by atoms with E-state index in [1.807, 2.05) is 131 Å². The SMILES string of the molecule is N#Cc1ccc(Cn2ccc(-c3ccccn3)n2)c2ccccc12.N#Cc1ccc(Cn2ccc(-c3ccccn3)n2)c2ccccc12.O=[N+]([O-])[O-].O=[N+]([O-])[O-].[Ag+].[Ag+]. The summed E-state index contributed by atoms with van der Waals surface area (Å²) in [6, 6.07) is 43.8. The number of nitrogens with zero attached hydrogens (tertiary/aromatic N) is 10. The topological polar surface area (TPSA) is 241 Å². The summed E-state index contributed by atoms with van der Waals surface area (Å²) < 4.78 is 3.80. The van der Waals surface area contributed by atoms with Crippen LogP contribution in [0, 0.1) is 53.3 Å². The van der Waals surface area contributed by atoms with E-state index in [0.717, 1.165) is 55.4 Å². The van der Waals surface area contributed by atoms with Crippen molar-refractivity contribution in [3.8, 4) is 34.9 Å². The standard InChI is InChI=1S/2C20H14N4.2Ag.2NO3/c2*21-13-15-8-9-16(18-6-2-1-5-17(15)18)14-24-12-10-20(23-24)19-7-3-4-11-22-19;;;2*2-1(3)4/h2*1-12H,14H2;;;;/q;;2*+1;2*-1. The normalized spacial score (nSPS) is 9.62. The maximum atomic E-state index is 9.27. The van der Waals surface area contributed by atoms with Gasteiger partial charge in [0.2, 0.25) is 0 Å². The van der Waals surface area contributed by atoms with Gasteiger partial charge in [0.15, 0.2) is 0 Å². The van der Waals surface area contributed by atoms with E-state index in [1.54, 1.807) is 12.4 Å². The third-order valence-electron chi connectivity index (χ3n) is 8.07. The Balaban J connectivity index is 0.000000255. The summed E-state index contributed by atoms with van der Waals surface area (Å²) in [6.07, 6.45) is 7.44. The molecule has 0 bridgehead atoms. The summed E-state index contributed by atoms with van der Waals surface area (Å²) in [5.41, 5.74) is 7.11. The molecule has 0 aliphatic rings. The van der Waals surface area contributed by atoms with Gasteiger partial charge in [0.05, 0.1) is 57.9 Å². The zero-order valence-corrected chi connectivity index (χ0v) is 32.8. The number of hydrogen-bond acceptors (Lipinski definition) is 12. The zero-order chi connectivity index (χ0) is 39.9. The van der Waals surface area contributed by atoms with Crippen LogP contribution >= 0.6 is 0 Å². The molecule has 0 aliphatic heterocycles. The number of hydrogen-bond donors (Lipinski definition) is 0. The van der Waals surface area contributed by atoms with E-state index in [0.29, 0.717) is 24.2 Å². The van der Waals surface area contributed by atoms with Gasteiger partial charge in [-0.3, -0.25) is 19.3 Å². The fraction of sp³-hybridized carbons (Fsp3) is 0.0500. The van der Waals surface area contributed by atoms with E-state index in [-0.39, 0.29) is 44.8 Å². The molecule has 4 aromatic heterocycles. The Bertz CT molecular complexity index is 2490. The van der Waals surface area contributed by atoms with E-state index in [9.17, 15) is 10.5 Å². The van der Waals surface area contributed by atoms with Gasteiger partial charge in [-0.2, -0.15) is 20.7 Å². The predicted octanol–water partition coefficient (Wildman–Crippen LogP) is 7.55. The van der Waals surface area contributed by atoms with Crippen LogP contribution in [0.15, 0.2) is 146 Å². The van der Waals surface area contributed by atoms with E-state index in [4.69, 9.17) is 30.6 Å². The van der Waals surface area contributed by atoms with Crippen LogP contribution in [-0.4, -0.2) is 39.7 Å². The minimum Gasteiger partial charge on any atom is -0.356 e. The average molecular weight is 960 g/mol. The second kappa shape index (κ2) is 22.5. The molecule has 4 heterocycles. The second-order valence-corrected chi connectivity index (χ2v) is 11.5. The number of aromatic nitrogens is 6. The minimum atomic E-state index is -1.75. The summed E-state index contributed by atoms with van der Waals surface area (Å²) >= 11 is 0. The summed E-state index contributed by atoms with van der Waals surface area (Å²) in [4.78, 5) is 25.2. The minimum absolute atomic E-state index is 0. The van der Waals surface area contributed by atoms with Crippen LogP contribution in [0.1, 0.15) is 22.3 Å². The van der Waals surface area contributed by atoms with Gasteiger partial charge in [-0.25, -0.2) is 0 Å². The number of nitriles is 2. The van der Waals surface area contributed by atoms with Gasteiger partial charge in [-0.15, -0.1) is 0 Å². The van der Waals surface area contributed by atoms with Gasteiger partial charge in [-0.1, -0.05) is 72.8 Å². The van der Waals surface area contributed by atoms with Crippen LogP contribution in [0.4, 0.5) is 0 Å². The molecule has 58 heavy (non-hydrogen) atoms. The number of fused-ring (bicyclic) bond motifs is 2. The van der Waals surface area contributed by atoms with Crippen molar-refractivity contribution in [2.45, 2.75) is 13.1 Å². The molecule has 4 aromatic carbocycles. The maximum absolute atomic E-state index is 9.27. The van der Waals surface area contributed by atoms with Gasteiger partial charge < -0.3 is 30.6 Å². The number of pyridine rings is 2. The molecule has 18 heteroatoms. The van der Waals surface area contributed by atoms with Crippen molar-refractivity contribution in [2.24, 2.45) is 0 Å². The molecule has 0 fully saturated rings. The van der Waals surface area contributed by atoms with Gasteiger partial charge in [-0.05, 0) is 81.2 Å². The van der Waals surface area contributed by atoms with Gasteiger partial charge in [0, 0.05) is 24.8 Å². The fourth-order valence-electron chi connectivity index (χ4n) is 5.74. The largest absolute Gasteiger partial charge is 1.00 e. The molecule has 0 unspecified atom stereocenters. The van der Waals surface area contributed by atoms with E-state index in [1.165, 1.54) is 0 Å². The van der Waals surface area contributed by atoms with Crippen LogP contribution in [0.25, 0.3) is 44.3 Å². The van der Waals surface area contributed by atoms with Crippen molar-refractivity contribution in [3.63, 3.8) is 0 Å². The van der Waals surface area contributed by atoms with Gasteiger partial charge in [0.1, 0.15) is 11.4 Å². The third kappa shape index (κ3) is 12.5. The van der Waals surface area contributed by atoms with Crippen LogP contribution in [0.5, 0.6) is 0 Å². The van der Waals surface area contributed by atoms with Crippen LogP contribution in [-0.2, 0) is 57.9 Å². The van der Waals surface area contributed by atoms with Crippen molar-refractivity contribution in [3.05, 3.63) is 199 Å². The van der Waals surface area contributed by atoms with Crippen LogP contribution in [0.2, 0.25) is 0 Å². The van der Waals surface area contributed by atoms with E-state index < -0.39 is 10.2 Å². The van der Waals surface area contributed by atoms with Gasteiger partial charge >= 0.3 is 44.8 Å². The van der Waals surface area contributed by atoms with Crippen molar-refractivity contribution >= 4 is 21.5 Å². The molecule has 0 saturated heterocycles. The Hall–Kier alpha value is -7.02. The summed E-state index contributed by atoms with van der Waals surface area (Å²) in [6.45, 7) is 1.30. The molecule has 16 nitrogen and oxygen atoms in total. The first-order chi connectivity index (χ1) is 27.2. The molecule has 0 saturated carbocycles. The Labute approximate surface area is 361 Å². The summed E-state index contributed by atoms with van der Waals surface area (Å²) in [5, 5.41) is 61.4. The van der Waals surface area contributed by atoms with Gasteiger partial charge in [0.25, 0.3) is 0 Å². The monoisotopic (exact) mass is 958 g/mol. The predicted molar refractivity (Wildman–Crippen MR) is 207 cm³/mol. The Morgan fingerprint density at radius 3 is 1.16 bits per heavy atom. The molecule has 0 aliphatic carbocycles. The zero-order valence-electron chi connectivity index (χ0n) is 29.8. The third-order valence-corrected chi connectivity index (χ3v) is 8.07. The molecule has 0 amide bonds. The quantitative estimate of drug-likeness (QED) is 0.0891. The number of benzene rings is 4. The molecule has 8 aromatic rings. The van der Waals surface area contributed by atoms with Crippen molar-refractivity contribution < 1.29 is 54.9 Å². The molecule has 0 N–H and O–H groups in total. The molecular weight excluding hydrogens is 932 g/mol. The molecule has 296 valence electrons. The Morgan fingerprint density at radius 2 is 0.828 bits per heavy atom. The maximum Gasteiger partial charge on any atom is 1.00 e. The molecule has 0 radical (unpaired) electrons. The molecular formula is C40H28Ag2N10O6. The van der Waals surface area contributed by atoms with Crippen LogP contribution < -0.4 is 0 Å². The summed E-state index contributed by atoms with van der Waals surface area (Å²) in [7, 11) is 0. The number of rotatable bonds is 6. The van der Waals surface area contributed by atoms with Crippen LogP contribution in [0.3, 0.4) is 0 Å².